The number of hydrogen-bond donors (Lipinski definition) is 1. The van der Waals surface area contributed by atoms with Gasteiger partial charge >= 0.3 is 0 Å². The first-order valence-electron chi connectivity index (χ1n) is 5.87. The zero-order chi connectivity index (χ0) is 9.68. The maximum Gasteiger partial charge on any atom is -0.00493 e. The normalized spacial score (nSPS) is 35.8. The lowest BCUT2D eigenvalue weighted by Gasteiger charge is -2.16. The SMILES string of the molecule is CNCCC1CCC(C)C[C@@H](C)C1. The van der Waals surface area contributed by atoms with Crippen molar-refractivity contribution < 1.29 is 0 Å². The van der Waals surface area contributed by atoms with Crippen LogP contribution in [0.15, 0.2) is 0 Å². The Hall–Kier alpha value is -0.0400. The molecule has 0 aliphatic heterocycles. The number of rotatable bonds is 3. The maximum atomic E-state index is 3.26. The van der Waals surface area contributed by atoms with Crippen LogP contribution in [0, 0.1) is 17.8 Å². The van der Waals surface area contributed by atoms with Gasteiger partial charge in [0.05, 0.1) is 0 Å². The molecule has 2 unspecified atom stereocenters. The Labute approximate surface area is 83.3 Å². The third kappa shape index (κ3) is 4.12. The Morgan fingerprint density at radius 2 is 1.85 bits per heavy atom. The van der Waals surface area contributed by atoms with Crippen LogP contribution < -0.4 is 5.32 Å². The van der Waals surface area contributed by atoms with Crippen LogP contribution in [0.3, 0.4) is 0 Å². The van der Waals surface area contributed by atoms with Gasteiger partial charge in [-0.25, -0.2) is 0 Å². The first-order chi connectivity index (χ1) is 6.22. The van der Waals surface area contributed by atoms with E-state index >= 15 is 0 Å². The van der Waals surface area contributed by atoms with Gasteiger partial charge < -0.3 is 5.32 Å². The Balaban J connectivity index is 2.30. The summed E-state index contributed by atoms with van der Waals surface area (Å²) in [6.45, 7) is 6.04. The van der Waals surface area contributed by atoms with Gasteiger partial charge in [0.25, 0.3) is 0 Å². The Morgan fingerprint density at radius 1 is 1.08 bits per heavy atom. The van der Waals surface area contributed by atoms with Gasteiger partial charge in [0.15, 0.2) is 0 Å². The van der Waals surface area contributed by atoms with E-state index in [9.17, 15) is 0 Å². The van der Waals surface area contributed by atoms with Gasteiger partial charge in [0, 0.05) is 0 Å². The molecule has 0 heterocycles. The Kier molecular flexibility index (Phi) is 4.79. The minimum Gasteiger partial charge on any atom is -0.320 e. The van der Waals surface area contributed by atoms with Gasteiger partial charge in [0.2, 0.25) is 0 Å². The molecular weight excluding hydrogens is 158 g/mol. The molecule has 0 amide bonds. The van der Waals surface area contributed by atoms with Crippen LogP contribution in [-0.4, -0.2) is 13.6 Å². The second kappa shape index (κ2) is 5.64. The lowest BCUT2D eigenvalue weighted by molar-refractivity contribution is 0.369. The fraction of sp³-hybridized carbons (Fsp3) is 1.00. The maximum absolute atomic E-state index is 3.26. The molecule has 1 N–H and O–H groups in total. The zero-order valence-electron chi connectivity index (χ0n) is 9.47. The van der Waals surface area contributed by atoms with E-state index < -0.39 is 0 Å². The summed E-state index contributed by atoms with van der Waals surface area (Å²) >= 11 is 0. The van der Waals surface area contributed by atoms with E-state index in [1.54, 1.807) is 0 Å². The van der Waals surface area contributed by atoms with Crippen LogP contribution in [0.5, 0.6) is 0 Å². The van der Waals surface area contributed by atoms with Crippen molar-refractivity contribution in [2.75, 3.05) is 13.6 Å². The van der Waals surface area contributed by atoms with E-state index in [0.717, 1.165) is 17.8 Å². The molecule has 1 aliphatic rings. The minimum atomic E-state index is 0.958. The Morgan fingerprint density at radius 3 is 2.54 bits per heavy atom. The van der Waals surface area contributed by atoms with Crippen LogP contribution >= 0.6 is 0 Å². The quantitative estimate of drug-likeness (QED) is 0.663. The van der Waals surface area contributed by atoms with Crippen molar-refractivity contribution >= 4 is 0 Å². The molecule has 0 bridgehead atoms. The summed E-state index contributed by atoms with van der Waals surface area (Å²) in [5.74, 6) is 2.92. The molecule has 1 aliphatic carbocycles. The van der Waals surface area contributed by atoms with Gasteiger partial charge in [-0.2, -0.15) is 0 Å². The lowest BCUT2D eigenvalue weighted by atomic mass is 9.92. The first kappa shape index (κ1) is 11.0. The van der Waals surface area contributed by atoms with E-state index in [-0.39, 0.29) is 0 Å². The molecule has 13 heavy (non-hydrogen) atoms. The summed E-state index contributed by atoms with van der Waals surface area (Å²) in [7, 11) is 2.06. The molecule has 3 atom stereocenters. The molecule has 1 fully saturated rings. The van der Waals surface area contributed by atoms with Gasteiger partial charge in [-0.3, -0.25) is 0 Å². The van der Waals surface area contributed by atoms with E-state index in [1.165, 1.54) is 38.6 Å². The Bertz CT molecular complexity index is 133. The fourth-order valence-corrected chi connectivity index (χ4v) is 2.72. The highest BCUT2D eigenvalue weighted by Gasteiger charge is 2.20. The van der Waals surface area contributed by atoms with Crippen molar-refractivity contribution in [3.8, 4) is 0 Å². The second-order valence-electron chi connectivity index (χ2n) is 5.02. The number of nitrogens with one attached hydrogen (secondary N) is 1. The molecule has 0 radical (unpaired) electrons. The predicted molar refractivity (Wildman–Crippen MR) is 58.8 cm³/mol. The molecule has 1 rings (SSSR count). The summed E-state index contributed by atoms with van der Waals surface area (Å²) < 4.78 is 0. The average Bonchev–Trinajstić information content (AvgIpc) is 2.23. The third-order valence-electron chi connectivity index (χ3n) is 3.41. The van der Waals surface area contributed by atoms with E-state index in [2.05, 4.69) is 26.2 Å². The monoisotopic (exact) mass is 183 g/mol. The van der Waals surface area contributed by atoms with Crippen LogP contribution in [0.4, 0.5) is 0 Å². The van der Waals surface area contributed by atoms with Crippen LogP contribution in [-0.2, 0) is 0 Å². The minimum absolute atomic E-state index is 0.958. The second-order valence-corrected chi connectivity index (χ2v) is 5.02. The largest absolute Gasteiger partial charge is 0.320 e. The highest BCUT2D eigenvalue weighted by Crippen LogP contribution is 2.32. The summed E-state index contributed by atoms with van der Waals surface area (Å²) in [5.41, 5.74) is 0. The summed E-state index contributed by atoms with van der Waals surface area (Å²) in [6.07, 6.45) is 7.22. The smallest absolute Gasteiger partial charge is 0.00493 e. The van der Waals surface area contributed by atoms with Crippen LogP contribution in [0.1, 0.15) is 46.0 Å². The molecule has 0 spiro atoms. The summed E-state index contributed by atoms with van der Waals surface area (Å²) in [6, 6.07) is 0. The third-order valence-corrected chi connectivity index (χ3v) is 3.41. The molecule has 78 valence electrons. The summed E-state index contributed by atoms with van der Waals surface area (Å²) in [5, 5.41) is 3.26. The molecule has 0 saturated heterocycles. The molecule has 1 saturated carbocycles. The fourth-order valence-electron chi connectivity index (χ4n) is 2.72. The van der Waals surface area contributed by atoms with Crippen molar-refractivity contribution in [1.82, 2.24) is 5.32 Å². The molecule has 1 heteroatoms. The highest BCUT2D eigenvalue weighted by atomic mass is 14.8. The van der Waals surface area contributed by atoms with Crippen molar-refractivity contribution in [2.24, 2.45) is 17.8 Å². The average molecular weight is 183 g/mol. The van der Waals surface area contributed by atoms with Crippen molar-refractivity contribution in [3.05, 3.63) is 0 Å². The molecule has 0 aromatic heterocycles. The molecule has 0 aromatic rings. The van der Waals surface area contributed by atoms with Crippen molar-refractivity contribution in [3.63, 3.8) is 0 Å². The van der Waals surface area contributed by atoms with Crippen molar-refractivity contribution in [1.29, 1.82) is 0 Å². The highest BCUT2D eigenvalue weighted by molar-refractivity contribution is 4.72. The molecule has 0 aromatic carbocycles. The van der Waals surface area contributed by atoms with E-state index in [1.807, 2.05) is 0 Å². The van der Waals surface area contributed by atoms with E-state index in [4.69, 9.17) is 0 Å². The standard InChI is InChI=1S/C12H25N/c1-10-4-5-12(6-7-13-3)9-11(2)8-10/h10-13H,4-9H2,1-3H3/t10?,11-,12?/m1/s1. The van der Waals surface area contributed by atoms with Crippen LogP contribution in [0.25, 0.3) is 0 Å². The predicted octanol–water partition coefficient (Wildman–Crippen LogP) is 3.06. The van der Waals surface area contributed by atoms with Gasteiger partial charge in [-0.1, -0.05) is 26.7 Å². The van der Waals surface area contributed by atoms with Gasteiger partial charge in [0.1, 0.15) is 0 Å². The van der Waals surface area contributed by atoms with E-state index in [0.29, 0.717) is 0 Å². The zero-order valence-corrected chi connectivity index (χ0v) is 9.47. The lowest BCUT2D eigenvalue weighted by Crippen LogP contribution is -2.14. The topological polar surface area (TPSA) is 12.0 Å². The van der Waals surface area contributed by atoms with Gasteiger partial charge in [-0.05, 0) is 50.6 Å². The summed E-state index contributed by atoms with van der Waals surface area (Å²) in [4.78, 5) is 0. The first-order valence-corrected chi connectivity index (χ1v) is 5.87. The molecular formula is C12H25N. The van der Waals surface area contributed by atoms with Crippen LogP contribution in [0.2, 0.25) is 0 Å². The van der Waals surface area contributed by atoms with Crippen molar-refractivity contribution in [2.45, 2.75) is 46.0 Å². The molecule has 1 nitrogen and oxygen atoms in total. The number of hydrogen-bond acceptors (Lipinski definition) is 1. The van der Waals surface area contributed by atoms with Gasteiger partial charge in [-0.15, -0.1) is 0 Å².